The largest absolute Gasteiger partial charge is 0.484 e. The van der Waals surface area contributed by atoms with Gasteiger partial charge in [0, 0.05) is 19.1 Å². The van der Waals surface area contributed by atoms with Crippen molar-refractivity contribution in [1.29, 1.82) is 0 Å². The highest BCUT2D eigenvalue weighted by Gasteiger charge is 2.23. The van der Waals surface area contributed by atoms with E-state index in [9.17, 15) is 4.79 Å². The average Bonchev–Trinajstić information content (AvgIpc) is 2.83. The van der Waals surface area contributed by atoms with Crippen LogP contribution in [0, 0.1) is 0 Å². The van der Waals surface area contributed by atoms with Crippen LogP contribution in [0.5, 0.6) is 5.75 Å². The highest BCUT2D eigenvalue weighted by atomic mass is 16.5. The molecule has 18 heavy (non-hydrogen) atoms. The van der Waals surface area contributed by atoms with Gasteiger partial charge in [-0.05, 0) is 30.5 Å². The van der Waals surface area contributed by atoms with Crippen LogP contribution in [-0.4, -0.2) is 36.5 Å². The predicted octanol–water partition coefficient (Wildman–Crippen LogP) is 1.19. The molecule has 1 atom stereocenters. The van der Waals surface area contributed by atoms with Crippen LogP contribution in [0.25, 0.3) is 0 Å². The van der Waals surface area contributed by atoms with Gasteiger partial charge in [-0.2, -0.15) is 0 Å². The molecule has 1 aromatic rings. The molecular weight excluding hydrogens is 228 g/mol. The highest BCUT2D eigenvalue weighted by molar-refractivity contribution is 5.78. The lowest BCUT2D eigenvalue weighted by atomic mass is 10.2. The van der Waals surface area contributed by atoms with Gasteiger partial charge in [0.2, 0.25) is 0 Å². The smallest absolute Gasteiger partial charge is 0.260 e. The van der Waals surface area contributed by atoms with Crippen molar-refractivity contribution in [3.05, 3.63) is 29.8 Å². The topological polar surface area (TPSA) is 55.6 Å². The number of hydrogen-bond acceptors (Lipinski definition) is 3. The van der Waals surface area contributed by atoms with Crippen molar-refractivity contribution in [2.45, 2.75) is 25.8 Å². The highest BCUT2D eigenvalue weighted by Crippen LogP contribution is 2.13. The Kier molecular flexibility index (Phi) is 4.20. The van der Waals surface area contributed by atoms with Crippen LogP contribution in [0.2, 0.25) is 0 Å². The summed E-state index contributed by atoms with van der Waals surface area (Å²) in [6.07, 6.45) is 1.89. The molecule has 2 rings (SSSR count). The van der Waals surface area contributed by atoms with Gasteiger partial charge in [-0.15, -0.1) is 0 Å². The molecule has 0 radical (unpaired) electrons. The first-order valence-electron chi connectivity index (χ1n) is 6.44. The first-order chi connectivity index (χ1) is 8.69. The third kappa shape index (κ3) is 3.23. The minimum Gasteiger partial charge on any atom is -0.484 e. The number of ether oxygens (including phenoxy) is 1. The van der Waals surface area contributed by atoms with Gasteiger partial charge in [0.15, 0.2) is 6.61 Å². The van der Waals surface area contributed by atoms with Crippen molar-refractivity contribution in [3.8, 4) is 5.75 Å². The number of carbonyl (C=O) groups is 1. The molecule has 1 aromatic carbocycles. The Morgan fingerprint density at radius 1 is 1.44 bits per heavy atom. The average molecular weight is 248 g/mol. The van der Waals surface area contributed by atoms with Gasteiger partial charge in [-0.3, -0.25) is 4.79 Å². The molecule has 98 valence electrons. The monoisotopic (exact) mass is 248 g/mol. The standard InChI is InChI=1S/C14H20N2O2/c1-2-11-3-5-13(6-4-11)18-10-14(17)16-8-7-12(15)9-16/h3-6,12H,2,7-10,15H2,1H3/t12-/m0/s1. The molecule has 0 saturated carbocycles. The minimum atomic E-state index is 0.0162. The lowest BCUT2D eigenvalue weighted by Gasteiger charge is -2.16. The number of rotatable bonds is 4. The van der Waals surface area contributed by atoms with Crippen molar-refractivity contribution in [2.75, 3.05) is 19.7 Å². The molecule has 0 aliphatic carbocycles. The van der Waals surface area contributed by atoms with Crippen LogP contribution >= 0.6 is 0 Å². The van der Waals surface area contributed by atoms with Crippen molar-refractivity contribution < 1.29 is 9.53 Å². The van der Waals surface area contributed by atoms with Crippen LogP contribution in [0.1, 0.15) is 18.9 Å². The molecule has 4 nitrogen and oxygen atoms in total. The first-order valence-corrected chi connectivity index (χ1v) is 6.44. The molecule has 1 heterocycles. The van der Waals surface area contributed by atoms with E-state index < -0.39 is 0 Å². The Labute approximate surface area is 108 Å². The van der Waals surface area contributed by atoms with Gasteiger partial charge in [-0.1, -0.05) is 19.1 Å². The SMILES string of the molecule is CCc1ccc(OCC(=O)N2CC[C@H](N)C2)cc1. The number of likely N-dealkylation sites (tertiary alicyclic amines) is 1. The van der Waals surface area contributed by atoms with Crippen molar-refractivity contribution in [2.24, 2.45) is 5.73 Å². The number of benzene rings is 1. The van der Waals surface area contributed by atoms with Gasteiger partial charge in [0.05, 0.1) is 0 Å². The normalized spacial score (nSPS) is 19.0. The molecule has 0 bridgehead atoms. The number of hydrogen-bond donors (Lipinski definition) is 1. The molecule has 0 aromatic heterocycles. The molecule has 1 saturated heterocycles. The summed E-state index contributed by atoms with van der Waals surface area (Å²) in [6.45, 7) is 3.60. The van der Waals surface area contributed by atoms with Gasteiger partial charge in [-0.25, -0.2) is 0 Å². The first kappa shape index (κ1) is 12.9. The van der Waals surface area contributed by atoms with E-state index in [2.05, 4.69) is 6.92 Å². The molecule has 2 N–H and O–H groups in total. The van der Waals surface area contributed by atoms with Gasteiger partial charge < -0.3 is 15.4 Å². The third-order valence-corrected chi connectivity index (χ3v) is 3.27. The minimum absolute atomic E-state index is 0.0162. The predicted molar refractivity (Wildman–Crippen MR) is 70.5 cm³/mol. The van der Waals surface area contributed by atoms with E-state index in [4.69, 9.17) is 10.5 Å². The lowest BCUT2D eigenvalue weighted by Crippen LogP contribution is -2.35. The molecule has 1 aliphatic heterocycles. The van der Waals surface area contributed by atoms with Crippen LogP contribution in [0.3, 0.4) is 0 Å². The Morgan fingerprint density at radius 3 is 2.72 bits per heavy atom. The van der Waals surface area contributed by atoms with Crippen molar-refractivity contribution >= 4 is 5.91 Å². The third-order valence-electron chi connectivity index (χ3n) is 3.27. The molecule has 0 spiro atoms. The summed E-state index contributed by atoms with van der Waals surface area (Å²) in [5, 5.41) is 0. The fourth-order valence-electron chi connectivity index (χ4n) is 2.07. The Hall–Kier alpha value is -1.55. The molecule has 1 fully saturated rings. The van der Waals surface area contributed by atoms with Gasteiger partial charge >= 0.3 is 0 Å². The summed E-state index contributed by atoms with van der Waals surface area (Å²) in [5.74, 6) is 0.756. The van der Waals surface area contributed by atoms with Gasteiger partial charge in [0.1, 0.15) is 5.75 Å². The summed E-state index contributed by atoms with van der Waals surface area (Å²) in [7, 11) is 0. The van der Waals surface area contributed by atoms with E-state index in [0.717, 1.165) is 25.1 Å². The van der Waals surface area contributed by atoms with E-state index >= 15 is 0 Å². The van der Waals surface area contributed by atoms with Crippen LogP contribution in [0.15, 0.2) is 24.3 Å². The van der Waals surface area contributed by atoms with Gasteiger partial charge in [0.25, 0.3) is 5.91 Å². The van der Waals surface area contributed by atoms with E-state index in [1.165, 1.54) is 5.56 Å². The summed E-state index contributed by atoms with van der Waals surface area (Å²) in [4.78, 5) is 13.6. The fraction of sp³-hybridized carbons (Fsp3) is 0.500. The second-order valence-corrected chi connectivity index (χ2v) is 4.67. The number of amides is 1. The maximum atomic E-state index is 11.8. The van der Waals surface area contributed by atoms with E-state index in [-0.39, 0.29) is 18.6 Å². The maximum Gasteiger partial charge on any atom is 0.260 e. The molecule has 0 unspecified atom stereocenters. The Balaban J connectivity index is 1.81. The van der Waals surface area contributed by atoms with E-state index in [1.807, 2.05) is 24.3 Å². The molecule has 1 aliphatic rings. The zero-order chi connectivity index (χ0) is 13.0. The van der Waals surface area contributed by atoms with Crippen LogP contribution < -0.4 is 10.5 Å². The van der Waals surface area contributed by atoms with Crippen molar-refractivity contribution in [3.63, 3.8) is 0 Å². The van der Waals surface area contributed by atoms with Crippen LogP contribution in [-0.2, 0) is 11.2 Å². The number of nitrogens with zero attached hydrogens (tertiary/aromatic N) is 1. The van der Waals surface area contributed by atoms with Crippen LogP contribution in [0.4, 0.5) is 0 Å². The molecule has 1 amide bonds. The zero-order valence-corrected chi connectivity index (χ0v) is 10.8. The maximum absolute atomic E-state index is 11.8. The second kappa shape index (κ2) is 5.87. The Bertz CT molecular complexity index is 403. The summed E-state index contributed by atoms with van der Waals surface area (Å²) >= 11 is 0. The fourth-order valence-corrected chi connectivity index (χ4v) is 2.07. The number of nitrogens with two attached hydrogens (primary N) is 1. The zero-order valence-electron chi connectivity index (χ0n) is 10.8. The number of carbonyl (C=O) groups excluding carboxylic acids is 1. The number of aryl methyl sites for hydroxylation is 1. The summed E-state index contributed by atoms with van der Waals surface area (Å²) in [5.41, 5.74) is 7.03. The summed E-state index contributed by atoms with van der Waals surface area (Å²) in [6, 6.07) is 7.97. The van der Waals surface area contributed by atoms with E-state index in [0.29, 0.717) is 6.54 Å². The quantitative estimate of drug-likeness (QED) is 0.870. The second-order valence-electron chi connectivity index (χ2n) is 4.67. The van der Waals surface area contributed by atoms with Crippen molar-refractivity contribution in [1.82, 2.24) is 4.90 Å². The molecule has 4 heteroatoms. The van der Waals surface area contributed by atoms with E-state index in [1.54, 1.807) is 4.90 Å². The summed E-state index contributed by atoms with van der Waals surface area (Å²) < 4.78 is 5.48. The molecular formula is C14H20N2O2. The lowest BCUT2D eigenvalue weighted by molar-refractivity contribution is -0.132. The Morgan fingerprint density at radius 2 is 2.17 bits per heavy atom.